The second kappa shape index (κ2) is 5.78. The van der Waals surface area contributed by atoms with Crippen LogP contribution in [0.4, 0.5) is 4.39 Å². The van der Waals surface area contributed by atoms with E-state index in [0.29, 0.717) is 11.1 Å². The minimum Gasteiger partial charge on any atom is -0.361 e. The minimum atomic E-state index is -0.843. The first-order valence-corrected chi connectivity index (χ1v) is 9.78. The molecule has 0 spiro atoms. The van der Waals surface area contributed by atoms with Crippen LogP contribution in [0.15, 0.2) is 38.9 Å². The highest BCUT2D eigenvalue weighted by Gasteiger charge is 2.47. The number of halogens is 2. The van der Waals surface area contributed by atoms with Crippen LogP contribution in [0.1, 0.15) is 31.7 Å². The number of benzene rings is 1. The van der Waals surface area contributed by atoms with E-state index in [1.807, 2.05) is 11.8 Å². The zero-order valence-electron chi connectivity index (χ0n) is 13.4. The fourth-order valence-corrected chi connectivity index (χ4v) is 5.40. The first-order valence-electron chi connectivity index (χ1n) is 7.94. The number of nitrogens with zero attached hydrogens (tertiary/aromatic N) is 1. The van der Waals surface area contributed by atoms with Crippen molar-refractivity contribution in [2.75, 3.05) is 12.4 Å². The van der Waals surface area contributed by atoms with E-state index in [9.17, 15) is 9.18 Å². The molecule has 0 aromatic heterocycles. The number of aliphatic imine (C=N–C) groups is 1. The van der Waals surface area contributed by atoms with E-state index in [2.05, 4.69) is 15.9 Å². The highest BCUT2D eigenvalue weighted by molar-refractivity contribution is 9.10. The van der Waals surface area contributed by atoms with Gasteiger partial charge >= 0.3 is 0 Å². The molecule has 0 bridgehead atoms. The van der Waals surface area contributed by atoms with Gasteiger partial charge < -0.3 is 4.74 Å². The number of carbonyl (C=O) groups is 1. The average molecular weight is 410 g/mol. The van der Waals surface area contributed by atoms with E-state index in [1.54, 1.807) is 26.0 Å². The third kappa shape index (κ3) is 2.50. The number of hydrogen-bond donors (Lipinski definition) is 0. The van der Waals surface area contributed by atoms with E-state index >= 15 is 0 Å². The topological polar surface area (TPSA) is 38.7 Å². The summed E-state index contributed by atoms with van der Waals surface area (Å²) < 4.78 is 19.8. The third-order valence-corrected chi connectivity index (χ3v) is 6.80. The summed E-state index contributed by atoms with van der Waals surface area (Å²) in [5.41, 5.74) is 2.73. The smallest absolute Gasteiger partial charge is 0.192 e. The lowest BCUT2D eigenvalue weighted by atomic mass is 9.76. The number of ether oxygens (including phenoxy) is 1. The van der Waals surface area contributed by atoms with Crippen LogP contribution in [0.25, 0.3) is 0 Å². The maximum absolute atomic E-state index is 13.7. The van der Waals surface area contributed by atoms with E-state index in [1.165, 1.54) is 6.07 Å². The average Bonchev–Trinajstić information content (AvgIpc) is 3.00. The van der Waals surface area contributed by atoms with Crippen molar-refractivity contribution in [3.05, 3.63) is 45.3 Å². The number of rotatable bonds is 1. The van der Waals surface area contributed by atoms with Gasteiger partial charge in [-0.15, -0.1) is 0 Å². The Hall–Kier alpha value is -0.980. The molecule has 2 unspecified atom stereocenters. The van der Waals surface area contributed by atoms with Gasteiger partial charge in [0, 0.05) is 17.2 Å². The highest BCUT2D eigenvalue weighted by atomic mass is 79.9. The Morgan fingerprint density at radius 1 is 1.42 bits per heavy atom. The van der Waals surface area contributed by atoms with Crippen molar-refractivity contribution in [1.29, 1.82) is 0 Å². The molecule has 1 aromatic carbocycles. The first kappa shape index (κ1) is 16.5. The predicted molar refractivity (Wildman–Crippen MR) is 97.2 cm³/mol. The van der Waals surface area contributed by atoms with Gasteiger partial charge in [-0.1, -0.05) is 6.07 Å². The standard InChI is InChI=1S/C18H17BrFNO2S/c1-18(2)17(22)15-13(8-23-18)21-12-5-6-24-16(12)14(15)9-3-4-11(20)10(19)7-9/h3-4,7,14,16H,5-6,8H2,1-2H3. The molecular weight excluding hydrogens is 393 g/mol. The fraction of sp³-hybridized carbons (Fsp3) is 0.444. The molecule has 0 radical (unpaired) electrons. The Morgan fingerprint density at radius 3 is 2.96 bits per heavy atom. The number of carbonyl (C=O) groups excluding carboxylic acids is 1. The van der Waals surface area contributed by atoms with Crippen molar-refractivity contribution >= 4 is 39.2 Å². The number of Topliss-reactive ketones (excluding diaryl/α,β-unsaturated/α-hetero) is 1. The van der Waals surface area contributed by atoms with Crippen LogP contribution < -0.4 is 0 Å². The summed E-state index contributed by atoms with van der Waals surface area (Å²) in [6.45, 7) is 3.96. The summed E-state index contributed by atoms with van der Waals surface area (Å²) in [5, 5.41) is 0.152. The van der Waals surface area contributed by atoms with Crippen LogP contribution in [-0.4, -0.2) is 34.7 Å². The minimum absolute atomic E-state index is 0.00972. The Balaban J connectivity index is 1.89. The van der Waals surface area contributed by atoms with Gasteiger partial charge in [0.1, 0.15) is 11.4 Å². The van der Waals surface area contributed by atoms with Gasteiger partial charge in [0.15, 0.2) is 5.78 Å². The largest absolute Gasteiger partial charge is 0.361 e. The Morgan fingerprint density at radius 2 is 2.21 bits per heavy atom. The molecule has 24 heavy (non-hydrogen) atoms. The molecule has 3 aliphatic rings. The van der Waals surface area contributed by atoms with Gasteiger partial charge in [-0.05, 0) is 59.6 Å². The van der Waals surface area contributed by atoms with Crippen LogP contribution in [0.5, 0.6) is 0 Å². The van der Waals surface area contributed by atoms with E-state index in [-0.39, 0.29) is 22.8 Å². The second-order valence-corrected chi connectivity index (χ2v) is 8.89. The summed E-state index contributed by atoms with van der Waals surface area (Å²) in [4.78, 5) is 17.8. The van der Waals surface area contributed by atoms with E-state index < -0.39 is 5.60 Å². The SMILES string of the molecule is CC1(C)OCC2=C(C1=O)C(c1ccc(F)c(Br)c1)C1SCCC1=N2. The van der Waals surface area contributed by atoms with Gasteiger partial charge in [-0.2, -0.15) is 11.8 Å². The van der Waals surface area contributed by atoms with Crippen molar-refractivity contribution in [3.8, 4) is 0 Å². The van der Waals surface area contributed by atoms with Gasteiger partial charge in [0.05, 0.1) is 22.0 Å². The normalized spacial score (nSPS) is 28.5. The van der Waals surface area contributed by atoms with Crippen molar-refractivity contribution in [1.82, 2.24) is 0 Å². The van der Waals surface area contributed by atoms with Gasteiger partial charge in [-0.25, -0.2) is 4.39 Å². The highest BCUT2D eigenvalue weighted by Crippen LogP contribution is 2.48. The third-order valence-electron chi connectivity index (χ3n) is 4.85. The Labute approximate surface area is 152 Å². The van der Waals surface area contributed by atoms with Crippen LogP contribution in [-0.2, 0) is 9.53 Å². The first-order chi connectivity index (χ1) is 11.4. The molecule has 3 heterocycles. The number of thioether (sulfide) groups is 1. The molecule has 0 amide bonds. The molecule has 3 nitrogen and oxygen atoms in total. The zero-order chi connectivity index (χ0) is 17.1. The van der Waals surface area contributed by atoms with Crippen LogP contribution in [0.3, 0.4) is 0 Å². The predicted octanol–water partition coefficient (Wildman–Crippen LogP) is 4.26. The molecule has 1 aromatic rings. The molecule has 126 valence electrons. The quantitative estimate of drug-likeness (QED) is 0.695. The molecule has 3 aliphatic heterocycles. The van der Waals surface area contributed by atoms with E-state index in [0.717, 1.165) is 34.7 Å². The molecule has 1 saturated heterocycles. The maximum atomic E-state index is 13.7. The number of ketones is 1. The second-order valence-electron chi connectivity index (χ2n) is 6.78. The van der Waals surface area contributed by atoms with Gasteiger partial charge in [0.2, 0.25) is 0 Å². The summed E-state index contributed by atoms with van der Waals surface area (Å²) in [6, 6.07) is 5.04. The van der Waals surface area contributed by atoms with Crippen LogP contribution in [0, 0.1) is 5.82 Å². The lowest BCUT2D eigenvalue weighted by Gasteiger charge is -2.38. The number of fused-ring (bicyclic) bond motifs is 1. The molecule has 4 rings (SSSR count). The van der Waals surface area contributed by atoms with Crippen LogP contribution in [0.2, 0.25) is 0 Å². The van der Waals surface area contributed by atoms with Crippen molar-refractivity contribution in [2.45, 2.75) is 37.0 Å². The summed E-state index contributed by atoms with van der Waals surface area (Å²) >= 11 is 5.10. The maximum Gasteiger partial charge on any atom is 0.192 e. The van der Waals surface area contributed by atoms with Crippen LogP contribution >= 0.6 is 27.7 Å². The van der Waals surface area contributed by atoms with Crippen molar-refractivity contribution in [2.24, 2.45) is 4.99 Å². The molecule has 0 saturated carbocycles. The number of hydrogen-bond acceptors (Lipinski definition) is 4. The molecule has 1 fully saturated rings. The lowest BCUT2D eigenvalue weighted by Crippen LogP contribution is -2.45. The Bertz CT molecular complexity index is 802. The molecule has 6 heteroatoms. The lowest BCUT2D eigenvalue weighted by molar-refractivity contribution is -0.138. The van der Waals surface area contributed by atoms with E-state index in [4.69, 9.17) is 9.73 Å². The summed E-state index contributed by atoms with van der Waals surface area (Å²) in [7, 11) is 0. The molecule has 0 N–H and O–H groups in total. The van der Waals surface area contributed by atoms with Crippen molar-refractivity contribution in [3.63, 3.8) is 0 Å². The summed E-state index contributed by atoms with van der Waals surface area (Å²) in [6.07, 6.45) is 0.933. The molecular formula is C18H17BrFNO2S. The zero-order valence-corrected chi connectivity index (χ0v) is 15.8. The van der Waals surface area contributed by atoms with Gasteiger partial charge in [0.25, 0.3) is 0 Å². The van der Waals surface area contributed by atoms with Crippen molar-refractivity contribution < 1.29 is 13.9 Å². The molecule has 0 aliphatic carbocycles. The summed E-state index contributed by atoms with van der Waals surface area (Å²) in [5.74, 6) is 0.605. The Kier molecular flexibility index (Phi) is 3.97. The van der Waals surface area contributed by atoms with Gasteiger partial charge in [-0.3, -0.25) is 9.79 Å². The fourth-order valence-electron chi connectivity index (χ4n) is 3.57. The molecule has 2 atom stereocenters. The monoisotopic (exact) mass is 409 g/mol.